The van der Waals surface area contributed by atoms with Crippen molar-refractivity contribution in [1.29, 1.82) is 0 Å². The Labute approximate surface area is 117 Å². The lowest BCUT2D eigenvalue weighted by Gasteiger charge is -2.00. The fraction of sp³-hybridized carbons (Fsp3) is 0.0588. The fourth-order valence-electron chi connectivity index (χ4n) is 1.85. The van der Waals surface area contributed by atoms with Gasteiger partial charge in [0.2, 0.25) is 0 Å². The Balaban J connectivity index is 2.15. The summed E-state index contributed by atoms with van der Waals surface area (Å²) < 4.78 is 0. The van der Waals surface area contributed by atoms with E-state index in [1.54, 1.807) is 24.3 Å². The molecule has 1 N–H and O–H groups in total. The Morgan fingerprint density at radius 2 is 1.65 bits per heavy atom. The minimum atomic E-state index is -0.962. The van der Waals surface area contributed by atoms with E-state index in [0.717, 1.165) is 11.1 Å². The van der Waals surface area contributed by atoms with E-state index in [0.29, 0.717) is 5.56 Å². The molecule has 2 aromatic carbocycles. The summed E-state index contributed by atoms with van der Waals surface area (Å²) >= 11 is 0. The number of benzene rings is 2. The third-order valence-electron chi connectivity index (χ3n) is 3.00. The van der Waals surface area contributed by atoms with Crippen molar-refractivity contribution in [1.82, 2.24) is 0 Å². The predicted molar refractivity (Wildman–Crippen MR) is 77.9 cm³/mol. The highest BCUT2D eigenvalue weighted by Crippen LogP contribution is 2.11. The van der Waals surface area contributed by atoms with E-state index in [4.69, 9.17) is 5.11 Å². The largest absolute Gasteiger partial charge is 0.478 e. The summed E-state index contributed by atoms with van der Waals surface area (Å²) in [6.07, 6.45) is 3.18. The number of aryl methyl sites for hydroxylation is 1. The summed E-state index contributed by atoms with van der Waals surface area (Å²) in [7, 11) is 0. The molecule has 0 bridgehead atoms. The Bertz CT molecular complexity index is 667. The molecule has 20 heavy (non-hydrogen) atoms. The monoisotopic (exact) mass is 266 g/mol. The molecular formula is C17H14O3. The smallest absolute Gasteiger partial charge is 0.335 e. The van der Waals surface area contributed by atoms with E-state index >= 15 is 0 Å². The van der Waals surface area contributed by atoms with Gasteiger partial charge in [0.1, 0.15) is 0 Å². The van der Waals surface area contributed by atoms with Crippen molar-refractivity contribution < 1.29 is 14.7 Å². The van der Waals surface area contributed by atoms with Gasteiger partial charge in [-0.15, -0.1) is 0 Å². The minimum absolute atomic E-state index is 0.0644. The first-order valence-corrected chi connectivity index (χ1v) is 6.19. The predicted octanol–water partition coefficient (Wildman–Crippen LogP) is 3.59. The van der Waals surface area contributed by atoms with Gasteiger partial charge in [-0.05, 0) is 36.3 Å². The maximum atomic E-state index is 12.0. The molecule has 0 aliphatic heterocycles. The van der Waals surface area contributed by atoms with Gasteiger partial charge in [0.25, 0.3) is 0 Å². The highest BCUT2D eigenvalue weighted by atomic mass is 16.4. The number of allylic oxidation sites excluding steroid dienone is 1. The van der Waals surface area contributed by atoms with Crippen molar-refractivity contribution in [2.45, 2.75) is 6.92 Å². The van der Waals surface area contributed by atoms with E-state index in [1.807, 2.05) is 25.1 Å². The van der Waals surface area contributed by atoms with Crippen LogP contribution >= 0.6 is 0 Å². The molecule has 0 radical (unpaired) electrons. The molecule has 0 saturated heterocycles. The van der Waals surface area contributed by atoms with E-state index in [1.165, 1.54) is 18.2 Å². The van der Waals surface area contributed by atoms with E-state index in [2.05, 4.69) is 0 Å². The SMILES string of the molecule is Cc1ccccc1C(=O)/C=C\c1ccc(C(=O)O)cc1. The van der Waals surface area contributed by atoms with E-state index in [9.17, 15) is 9.59 Å². The molecule has 0 saturated carbocycles. The Hall–Kier alpha value is -2.68. The van der Waals surface area contributed by atoms with Crippen LogP contribution in [-0.2, 0) is 0 Å². The van der Waals surface area contributed by atoms with Crippen LogP contribution in [0.15, 0.2) is 54.6 Å². The standard InChI is InChI=1S/C17H14O3/c1-12-4-2-3-5-15(12)16(18)11-8-13-6-9-14(10-7-13)17(19)20/h2-11H,1H3,(H,19,20)/b11-8-. The number of carbonyl (C=O) groups is 2. The molecular weight excluding hydrogens is 252 g/mol. The molecule has 3 heteroatoms. The number of hydrogen-bond acceptors (Lipinski definition) is 2. The van der Waals surface area contributed by atoms with Crippen LogP contribution in [0.3, 0.4) is 0 Å². The van der Waals surface area contributed by atoms with Gasteiger partial charge in [-0.2, -0.15) is 0 Å². The molecule has 0 aromatic heterocycles. The van der Waals surface area contributed by atoms with Crippen LogP contribution < -0.4 is 0 Å². The van der Waals surface area contributed by atoms with Gasteiger partial charge in [-0.1, -0.05) is 42.5 Å². The van der Waals surface area contributed by atoms with E-state index < -0.39 is 5.97 Å². The van der Waals surface area contributed by atoms with Crippen molar-refractivity contribution in [2.24, 2.45) is 0 Å². The lowest BCUT2D eigenvalue weighted by Crippen LogP contribution is -1.97. The third-order valence-corrected chi connectivity index (χ3v) is 3.00. The number of carboxylic acid groups (broad SMARTS) is 1. The van der Waals surface area contributed by atoms with Crippen LogP contribution in [0.2, 0.25) is 0 Å². The maximum absolute atomic E-state index is 12.0. The first-order valence-electron chi connectivity index (χ1n) is 6.19. The van der Waals surface area contributed by atoms with Gasteiger partial charge >= 0.3 is 5.97 Å². The summed E-state index contributed by atoms with van der Waals surface area (Å²) in [6.45, 7) is 1.89. The summed E-state index contributed by atoms with van der Waals surface area (Å²) in [6, 6.07) is 13.8. The highest BCUT2D eigenvalue weighted by molar-refractivity contribution is 6.07. The zero-order chi connectivity index (χ0) is 14.5. The third kappa shape index (κ3) is 3.20. The van der Waals surface area contributed by atoms with Crippen molar-refractivity contribution in [3.63, 3.8) is 0 Å². The molecule has 0 fully saturated rings. The van der Waals surface area contributed by atoms with Crippen molar-refractivity contribution in [2.75, 3.05) is 0 Å². The van der Waals surface area contributed by atoms with Crippen LogP contribution in [0.1, 0.15) is 31.8 Å². The first kappa shape index (κ1) is 13.7. The van der Waals surface area contributed by atoms with Crippen molar-refractivity contribution in [3.05, 3.63) is 76.9 Å². The lowest BCUT2D eigenvalue weighted by atomic mass is 10.0. The molecule has 0 aliphatic carbocycles. The summed E-state index contributed by atoms with van der Waals surface area (Å²) in [5, 5.41) is 8.80. The number of aromatic carboxylic acids is 1. The van der Waals surface area contributed by atoms with Gasteiger partial charge in [0, 0.05) is 5.56 Å². The van der Waals surface area contributed by atoms with Crippen molar-refractivity contribution >= 4 is 17.8 Å². The average molecular weight is 266 g/mol. The summed E-state index contributed by atoms with van der Waals surface area (Å²) in [5.74, 6) is -1.03. The molecule has 100 valence electrons. The summed E-state index contributed by atoms with van der Waals surface area (Å²) in [5.41, 5.74) is 2.62. The minimum Gasteiger partial charge on any atom is -0.478 e. The topological polar surface area (TPSA) is 54.4 Å². The van der Waals surface area contributed by atoms with Crippen LogP contribution in [0.25, 0.3) is 6.08 Å². The zero-order valence-electron chi connectivity index (χ0n) is 11.0. The molecule has 0 heterocycles. The van der Waals surface area contributed by atoms with Crippen LogP contribution in [0, 0.1) is 6.92 Å². The maximum Gasteiger partial charge on any atom is 0.335 e. The Morgan fingerprint density at radius 1 is 1.00 bits per heavy atom. The second-order valence-corrected chi connectivity index (χ2v) is 4.44. The quantitative estimate of drug-likeness (QED) is 0.679. The molecule has 2 rings (SSSR count). The second-order valence-electron chi connectivity index (χ2n) is 4.44. The fourth-order valence-corrected chi connectivity index (χ4v) is 1.85. The van der Waals surface area contributed by atoms with Crippen LogP contribution in [-0.4, -0.2) is 16.9 Å². The number of hydrogen-bond donors (Lipinski definition) is 1. The molecule has 3 nitrogen and oxygen atoms in total. The molecule has 2 aromatic rings. The van der Waals surface area contributed by atoms with Crippen LogP contribution in [0.4, 0.5) is 0 Å². The molecule has 0 spiro atoms. The number of ketones is 1. The molecule has 0 atom stereocenters. The molecule has 0 unspecified atom stereocenters. The van der Waals surface area contributed by atoms with Gasteiger partial charge in [0.15, 0.2) is 5.78 Å². The van der Waals surface area contributed by atoms with Gasteiger partial charge in [0.05, 0.1) is 5.56 Å². The Morgan fingerprint density at radius 3 is 2.25 bits per heavy atom. The van der Waals surface area contributed by atoms with E-state index in [-0.39, 0.29) is 11.3 Å². The molecule has 0 aliphatic rings. The number of carboxylic acids is 1. The lowest BCUT2D eigenvalue weighted by molar-refractivity contribution is 0.0696. The highest BCUT2D eigenvalue weighted by Gasteiger charge is 2.04. The summed E-state index contributed by atoms with van der Waals surface area (Å²) in [4.78, 5) is 22.8. The molecule has 0 amide bonds. The number of carbonyl (C=O) groups excluding carboxylic acids is 1. The first-order chi connectivity index (χ1) is 9.58. The van der Waals surface area contributed by atoms with Crippen LogP contribution in [0.5, 0.6) is 0 Å². The zero-order valence-corrected chi connectivity index (χ0v) is 11.0. The second kappa shape index (κ2) is 5.97. The van der Waals surface area contributed by atoms with Gasteiger partial charge < -0.3 is 5.11 Å². The van der Waals surface area contributed by atoms with Gasteiger partial charge in [-0.25, -0.2) is 4.79 Å². The normalized spacial score (nSPS) is 10.7. The Kier molecular flexibility index (Phi) is 4.11. The number of rotatable bonds is 4. The average Bonchev–Trinajstić information content (AvgIpc) is 2.45. The van der Waals surface area contributed by atoms with Gasteiger partial charge in [-0.3, -0.25) is 4.79 Å². The van der Waals surface area contributed by atoms with Crippen molar-refractivity contribution in [3.8, 4) is 0 Å².